The van der Waals surface area contributed by atoms with Crippen molar-refractivity contribution in [2.45, 2.75) is 26.7 Å². The van der Waals surface area contributed by atoms with Crippen molar-refractivity contribution in [3.63, 3.8) is 0 Å². The molecule has 0 saturated carbocycles. The van der Waals surface area contributed by atoms with Gasteiger partial charge < -0.3 is 29.9 Å². The van der Waals surface area contributed by atoms with Crippen LogP contribution in [0.4, 0.5) is 27.5 Å². The van der Waals surface area contributed by atoms with Gasteiger partial charge in [0.1, 0.15) is 12.3 Å². The number of carbonyl (C=O) groups is 5. The van der Waals surface area contributed by atoms with Crippen LogP contribution in [0.15, 0.2) is 97.1 Å². The number of rotatable bonds is 13. The van der Waals surface area contributed by atoms with Crippen LogP contribution in [-0.4, -0.2) is 70.6 Å². The lowest BCUT2D eigenvalue weighted by molar-refractivity contribution is -0.142. The number of carbonyl (C=O) groups excluding carboxylic acids is 5. The number of benzene rings is 4. The number of hydrogen-bond donors (Lipinski definition) is 2. The van der Waals surface area contributed by atoms with Crippen molar-refractivity contribution < 1.29 is 33.4 Å². The fourth-order valence-electron chi connectivity index (χ4n) is 5.30. The molecule has 0 aliphatic rings. The lowest BCUT2D eigenvalue weighted by Gasteiger charge is -2.27. The summed E-state index contributed by atoms with van der Waals surface area (Å²) in [5.74, 6) is -2.11. The van der Waals surface area contributed by atoms with Crippen LogP contribution >= 0.6 is 0 Å². The first kappa shape index (κ1) is 37.6. The normalized spacial score (nSPS) is 11.1. The summed E-state index contributed by atoms with van der Waals surface area (Å²) >= 11 is 0. The molecule has 0 bridgehead atoms. The highest BCUT2D eigenvalue weighted by molar-refractivity contribution is 6.06. The zero-order valence-corrected chi connectivity index (χ0v) is 29.6. The van der Waals surface area contributed by atoms with E-state index >= 15 is 0 Å². The summed E-state index contributed by atoms with van der Waals surface area (Å²) in [7, 11) is 4.57. The number of nitrogens with zero attached hydrogens (tertiary/aromatic N) is 3. The van der Waals surface area contributed by atoms with Gasteiger partial charge in [-0.25, -0.2) is 4.79 Å². The standard InChI is InChI=1S/C39H43N5O7/c1-26-19-27(2)21-32(20-26)43(5)37(47)25-51-34-18-11-10-17-33(34)44(24-36(46)42(4)31-15-8-7-9-16-31)35(45)23-40-39(49)41-30-14-12-13-29(22-30)28(3)38(48)50-6/h7-22,28H,23-25H2,1-6H3,(H2,40,41,49). The third kappa shape index (κ3) is 10.2. The van der Waals surface area contributed by atoms with Gasteiger partial charge in [0.2, 0.25) is 11.8 Å². The van der Waals surface area contributed by atoms with Crippen molar-refractivity contribution in [2.24, 2.45) is 0 Å². The smallest absolute Gasteiger partial charge is 0.319 e. The average molecular weight is 694 g/mol. The molecule has 0 aliphatic heterocycles. The maximum atomic E-state index is 13.8. The summed E-state index contributed by atoms with van der Waals surface area (Å²) in [5.41, 5.74) is 4.65. The summed E-state index contributed by atoms with van der Waals surface area (Å²) in [5, 5.41) is 5.22. The van der Waals surface area contributed by atoms with Gasteiger partial charge in [-0.1, -0.05) is 48.5 Å². The number of ether oxygens (including phenoxy) is 2. The van der Waals surface area contributed by atoms with E-state index in [-0.39, 0.29) is 24.0 Å². The summed E-state index contributed by atoms with van der Waals surface area (Å²) in [4.78, 5) is 69.6. The maximum Gasteiger partial charge on any atom is 0.319 e. The molecule has 0 saturated heterocycles. The Bertz CT molecular complexity index is 1860. The van der Waals surface area contributed by atoms with Crippen LogP contribution in [0.5, 0.6) is 5.75 Å². The van der Waals surface area contributed by atoms with Gasteiger partial charge in [0.25, 0.3) is 5.91 Å². The fraction of sp³-hybridized carbons (Fsp3) is 0.256. The Hall–Kier alpha value is -6.17. The molecule has 5 amide bonds. The Morgan fingerprint density at radius 3 is 2.06 bits per heavy atom. The molecule has 12 nitrogen and oxygen atoms in total. The van der Waals surface area contributed by atoms with Gasteiger partial charge in [0.05, 0.1) is 25.3 Å². The van der Waals surface area contributed by atoms with Gasteiger partial charge in [-0.05, 0) is 86.0 Å². The number of hydrogen-bond acceptors (Lipinski definition) is 7. The highest BCUT2D eigenvalue weighted by Crippen LogP contribution is 2.29. The second kappa shape index (κ2) is 17.5. The Kier molecular flexibility index (Phi) is 12.9. The van der Waals surface area contributed by atoms with Crippen molar-refractivity contribution in [2.75, 3.05) is 60.9 Å². The number of nitrogens with one attached hydrogen (secondary N) is 2. The van der Waals surface area contributed by atoms with Gasteiger partial charge in [0, 0.05) is 31.2 Å². The molecular weight excluding hydrogens is 650 g/mol. The molecule has 0 heterocycles. The Labute approximate surface area is 297 Å². The van der Waals surface area contributed by atoms with E-state index in [1.165, 1.54) is 21.8 Å². The molecule has 4 aromatic carbocycles. The SMILES string of the molecule is COC(=O)C(C)c1cccc(NC(=O)NCC(=O)N(CC(=O)N(C)c2ccccc2)c2ccccc2OCC(=O)N(C)c2cc(C)cc(C)c2)c1. The monoisotopic (exact) mass is 693 g/mol. The van der Waals surface area contributed by atoms with Gasteiger partial charge in [-0.2, -0.15) is 0 Å². The molecular formula is C39H43N5O7. The highest BCUT2D eigenvalue weighted by Gasteiger charge is 2.26. The van der Waals surface area contributed by atoms with Crippen LogP contribution in [-0.2, 0) is 23.9 Å². The molecule has 1 atom stereocenters. The van der Waals surface area contributed by atoms with Crippen LogP contribution in [0, 0.1) is 13.8 Å². The second-order valence-electron chi connectivity index (χ2n) is 12.0. The third-order valence-corrected chi connectivity index (χ3v) is 8.19. The largest absolute Gasteiger partial charge is 0.482 e. The molecule has 2 N–H and O–H groups in total. The number of likely N-dealkylation sites (N-methyl/N-ethyl adjacent to an activating group) is 2. The minimum Gasteiger partial charge on any atom is -0.482 e. The van der Waals surface area contributed by atoms with E-state index in [4.69, 9.17) is 9.47 Å². The molecule has 0 spiro atoms. The van der Waals surface area contributed by atoms with Crippen LogP contribution in [0.3, 0.4) is 0 Å². The van der Waals surface area contributed by atoms with Gasteiger partial charge >= 0.3 is 12.0 Å². The topological polar surface area (TPSA) is 138 Å². The van der Waals surface area contributed by atoms with Gasteiger partial charge in [-0.15, -0.1) is 0 Å². The third-order valence-electron chi connectivity index (χ3n) is 8.19. The van der Waals surface area contributed by atoms with E-state index in [0.29, 0.717) is 16.9 Å². The number of amides is 5. The lowest BCUT2D eigenvalue weighted by Crippen LogP contribution is -2.46. The van der Waals surface area contributed by atoms with Gasteiger partial charge in [-0.3, -0.25) is 24.1 Å². The molecule has 12 heteroatoms. The van der Waals surface area contributed by atoms with Crippen molar-refractivity contribution in [3.8, 4) is 5.75 Å². The van der Waals surface area contributed by atoms with Gasteiger partial charge in [0.15, 0.2) is 6.61 Å². The Morgan fingerprint density at radius 1 is 0.725 bits per heavy atom. The lowest BCUT2D eigenvalue weighted by atomic mass is 10.0. The van der Waals surface area contributed by atoms with Crippen LogP contribution < -0.4 is 30.1 Å². The molecule has 4 rings (SSSR count). The van der Waals surface area contributed by atoms with E-state index < -0.39 is 42.8 Å². The van der Waals surface area contributed by atoms with Crippen molar-refractivity contribution in [1.82, 2.24) is 5.32 Å². The highest BCUT2D eigenvalue weighted by atomic mass is 16.5. The van der Waals surface area contributed by atoms with E-state index in [2.05, 4.69) is 10.6 Å². The minimum atomic E-state index is -0.677. The van der Waals surface area contributed by atoms with Crippen LogP contribution in [0.1, 0.15) is 29.5 Å². The molecule has 266 valence electrons. The van der Waals surface area contributed by atoms with Crippen molar-refractivity contribution >= 4 is 52.5 Å². The molecule has 0 aromatic heterocycles. The molecule has 1 unspecified atom stereocenters. The molecule has 0 radical (unpaired) electrons. The zero-order chi connectivity index (χ0) is 37.1. The van der Waals surface area contributed by atoms with E-state index in [0.717, 1.165) is 16.8 Å². The summed E-state index contributed by atoms with van der Waals surface area (Å²) in [6.07, 6.45) is 0. The molecule has 0 fully saturated rings. The number of para-hydroxylation sites is 3. The number of esters is 1. The summed E-state index contributed by atoms with van der Waals surface area (Å²) in [6.45, 7) is 4.39. The first-order valence-electron chi connectivity index (χ1n) is 16.3. The van der Waals surface area contributed by atoms with Crippen LogP contribution in [0.25, 0.3) is 0 Å². The molecule has 51 heavy (non-hydrogen) atoms. The predicted molar refractivity (Wildman–Crippen MR) is 197 cm³/mol. The number of urea groups is 1. The predicted octanol–water partition coefficient (Wildman–Crippen LogP) is 5.44. The molecule has 0 aliphatic carbocycles. The second-order valence-corrected chi connectivity index (χ2v) is 12.0. The fourth-order valence-corrected chi connectivity index (χ4v) is 5.30. The first-order chi connectivity index (χ1) is 24.4. The maximum absolute atomic E-state index is 13.8. The number of methoxy groups -OCH3 is 1. The Morgan fingerprint density at radius 2 is 1.37 bits per heavy atom. The van der Waals surface area contributed by atoms with E-state index in [1.54, 1.807) is 93.8 Å². The van der Waals surface area contributed by atoms with E-state index in [1.807, 2.05) is 38.1 Å². The quantitative estimate of drug-likeness (QED) is 0.178. The average Bonchev–Trinajstić information content (AvgIpc) is 3.13. The number of anilines is 4. The van der Waals surface area contributed by atoms with Crippen molar-refractivity contribution in [1.29, 1.82) is 0 Å². The molecule has 4 aromatic rings. The summed E-state index contributed by atoms with van der Waals surface area (Å²) < 4.78 is 10.8. The van der Waals surface area contributed by atoms with Crippen LogP contribution in [0.2, 0.25) is 0 Å². The van der Waals surface area contributed by atoms with E-state index in [9.17, 15) is 24.0 Å². The zero-order valence-electron chi connectivity index (χ0n) is 29.6. The first-order valence-corrected chi connectivity index (χ1v) is 16.3. The van der Waals surface area contributed by atoms with Crippen molar-refractivity contribution in [3.05, 3.63) is 114 Å². The minimum absolute atomic E-state index is 0.198. The Balaban J connectivity index is 1.52. The summed E-state index contributed by atoms with van der Waals surface area (Å²) in [6, 6.07) is 27.4. The number of aryl methyl sites for hydroxylation is 2.